The Hall–Kier alpha value is -1.50. The summed E-state index contributed by atoms with van der Waals surface area (Å²) in [5.74, 6) is 1.02. The number of halogens is 1. The summed E-state index contributed by atoms with van der Waals surface area (Å²) in [7, 11) is 1.60. The van der Waals surface area contributed by atoms with Crippen molar-refractivity contribution in [1.82, 2.24) is 5.32 Å². The van der Waals surface area contributed by atoms with Gasteiger partial charge in [0, 0.05) is 24.3 Å². The zero-order chi connectivity index (χ0) is 21.8. The molecule has 31 heavy (non-hydrogen) atoms. The van der Waals surface area contributed by atoms with Crippen LogP contribution in [0, 0.1) is 34.5 Å². The molecule has 8 unspecified atom stereocenters. The number of nitrogens with zero attached hydrogens (tertiary/aromatic N) is 2. The van der Waals surface area contributed by atoms with E-state index in [1.807, 2.05) is 6.92 Å². The van der Waals surface area contributed by atoms with E-state index in [-0.39, 0.29) is 29.1 Å². The fraction of sp³-hybridized carbons (Fsp3) is 0.875. The van der Waals surface area contributed by atoms with Gasteiger partial charge in [0.05, 0.1) is 11.4 Å². The molecule has 0 aromatic rings. The molecule has 0 spiro atoms. The third kappa shape index (κ3) is 3.33. The summed E-state index contributed by atoms with van der Waals surface area (Å²) in [6.45, 7) is 6.27. The first-order valence-electron chi connectivity index (χ1n) is 12.1. The highest BCUT2D eigenvalue weighted by molar-refractivity contribution is 5.96. The molecule has 4 saturated carbocycles. The number of rotatable bonds is 3. The maximum Gasteiger partial charge on any atom is 0.173 e. The van der Waals surface area contributed by atoms with Crippen LogP contribution < -0.4 is 5.32 Å². The monoisotopic (exact) mass is 433 g/mol. The molecule has 0 amide bonds. The van der Waals surface area contributed by atoms with Gasteiger partial charge in [-0.3, -0.25) is 4.79 Å². The number of ketones is 1. The first-order valence-corrected chi connectivity index (χ1v) is 12.1. The van der Waals surface area contributed by atoms with Crippen molar-refractivity contribution in [2.45, 2.75) is 77.5 Å². The van der Waals surface area contributed by atoms with Gasteiger partial charge in [0.25, 0.3) is 0 Å². The Morgan fingerprint density at radius 2 is 1.97 bits per heavy atom. The lowest BCUT2D eigenvalue weighted by Crippen LogP contribution is -2.56. The van der Waals surface area contributed by atoms with Crippen LogP contribution >= 0.6 is 0 Å². The topological polar surface area (TPSA) is 72.3 Å². The maximum absolute atomic E-state index is 14.5. The van der Waals surface area contributed by atoms with Gasteiger partial charge in [0.1, 0.15) is 13.2 Å². The molecule has 4 aliphatic carbocycles. The molecule has 5 rings (SSSR count). The van der Waals surface area contributed by atoms with Gasteiger partial charge < -0.3 is 15.0 Å². The van der Waals surface area contributed by atoms with E-state index >= 15 is 0 Å². The highest BCUT2D eigenvalue weighted by Gasteiger charge is 2.63. The van der Waals surface area contributed by atoms with Crippen LogP contribution in [0.1, 0.15) is 65.2 Å². The average molecular weight is 434 g/mol. The number of carbonyl (C=O) groups is 1. The highest BCUT2D eigenvalue weighted by atomic mass is 19.1. The van der Waals surface area contributed by atoms with Crippen molar-refractivity contribution >= 4 is 17.2 Å². The lowest BCUT2D eigenvalue weighted by atomic mass is 9.45. The average Bonchev–Trinajstić information content (AvgIpc) is 3.35. The summed E-state index contributed by atoms with van der Waals surface area (Å²) in [5, 5.41) is 12.4. The third-order valence-electron chi connectivity index (χ3n) is 9.57. The number of oxime groups is 2. The van der Waals surface area contributed by atoms with Crippen LogP contribution in [0.5, 0.6) is 0 Å². The van der Waals surface area contributed by atoms with E-state index in [0.717, 1.165) is 69.5 Å². The summed E-state index contributed by atoms with van der Waals surface area (Å²) in [6.07, 6.45) is 5.71. The van der Waals surface area contributed by atoms with E-state index in [9.17, 15) is 9.18 Å². The number of alkyl halides is 1. The standard InChI is InChI=1S/C24H36FN3O3/c1-23-7-4-14(27-31-15-6-9-26-13-15)10-19(23)21(28-30-3)11-16-17(23)5-8-24(2)18(16)12-20(25)22(24)29/h15-20,26H,4-13H2,1-3H3/b27-14+,28-21+. The van der Waals surface area contributed by atoms with Crippen LogP contribution in [-0.4, -0.2) is 49.7 Å². The van der Waals surface area contributed by atoms with Gasteiger partial charge in [-0.25, -0.2) is 4.39 Å². The van der Waals surface area contributed by atoms with Crippen LogP contribution in [0.3, 0.4) is 0 Å². The van der Waals surface area contributed by atoms with Crippen LogP contribution in [-0.2, 0) is 14.5 Å². The van der Waals surface area contributed by atoms with Crippen LogP contribution in [0.25, 0.3) is 0 Å². The van der Waals surface area contributed by atoms with Gasteiger partial charge in [-0.1, -0.05) is 24.2 Å². The molecule has 0 radical (unpaired) electrons. The maximum atomic E-state index is 14.5. The second-order valence-corrected chi connectivity index (χ2v) is 11.0. The molecule has 7 heteroatoms. The zero-order valence-corrected chi connectivity index (χ0v) is 19.0. The Morgan fingerprint density at radius 1 is 1.13 bits per heavy atom. The van der Waals surface area contributed by atoms with Crippen LogP contribution in [0.15, 0.2) is 10.3 Å². The van der Waals surface area contributed by atoms with Gasteiger partial charge >= 0.3 is 0 Å². The molecule has 1 heterocycles. The summed E-state index contributed by atoms with van der Waals surface area (Å²) in [5.41, 5.74) is 1.76. The molecule has 0 aromatic heterocycles. The molecule has 1 aliphatic heterocycles. The van der Waals surface area contributed by atoms with Crippen LogP contribution in [0.4, 0.5) is 4.39 Å². The molecular weight excluding hydrogens is 397 g/mol. The Morgan fingerprint density at radius 3 is 2.71 bits per heavy atom. The molecule has 0 bridgehead atoms. The normalized spacial score (nSPS) is 49.6. The number of fused-ring (bicyclic) bond motifs is 5. The number of hydrogen-bond donors (Lipinski definition) is 1. The summed E-state index contributed by atoms with van der Waals surface area (Å²) < 4.78 is 14.5. The zero-order valence-electron chi connectivity index (χ0n) is 19.0. The number of carbonyl (C=O) groups excluding carboxylic acids is 1. The third-order valence-corrected chi connectivity index (χ3v) is 9.57. The minimum Gasteiger partial charge on any atom is -0.399 e. The number of hydrogen-bond acceptors (Lipinski definition) is 6. The van der Waals surface area contributed by atoms with Crippen molar-refractivity contribution in [3.8, 4) is 0 Å². The molecular formula is C24H36FN3O3. The highest BCUT2D eigenvalue weighted by Crippen LogP contribution is 2.65. The van der Waals surface area contributed by atoms with Crippen molar-refractivity contribution in [1.29, 1.82) is 0 Å². The molecule has 5 fully saturated rings. The molecule has 0 aromatic carbocycles. The Kier molecular flexibility index (Phi) is 5.39. The molecule has 5 aliphatic rings. The van der Waals surface area contributed by atoms with Crippen molar-refractivity contribution in [3.63, 3.8) is 0 Å². The molecule has 1 saturated heterocycles. The smallest absolute Gasteiger partial charge is 0.173 e. The van der Waals surface area contributed by atoms with Crippen molar-refractivity contribution in [3.05, 3.63) is 0 Å². The summed E-state index contributed by atoms with van der Waals surface area (Å²) >= 11 is 0. The fourth-order valence-electron chi connectivity index (χ4n) is 7.79. The van der Waals surface area contributed by atoms with Gasteiger partial charge in [-0.15, -0.1) is 0 Å². The Bertz CT molecular complexity index is 795. The van der Waals surface area contributed by atoms with E-state index in [1.165, 1.54) is 0 Å². The van der Waals surface area contributed by atoms with Gasteiger partial charge in [0.2, 0.25) is 0 Å². The van der Waals surface area contributed by atoms with E-state index in [1.54, 1.807) is 7.11 Å². The van der Waals surface area contributed by atoms with E-state index in [2.05, 4.69) is 22.6 Å². The predicted molar refractivity (Wildman–Crippen MR) is 117 cm³/mol. The van der Waals surface area contributed by atoms with Gasteiger partial charge in [-0.05, 0) is 74.7 Å². The van der Waals surface area contributed by atoms with E-state index in [0.29, 0.717) is 18.3 Å². The van der Waals surface area contributed by atoms with E-state index in [4.69, 9.17) is 9.68 Å². The lowest BCUT2D eigenvalue weighted by molar-refractivity contribution is -0.135. The Labute approximate surface area is 184 Å². The van der Waals surface area contributed by atoms with Crippen molar-refractivity contribution in [2.24, 2.45) is 44.8 Å². The fourth-order valence-corrected chi connectivity index (χ4v) is 7.79. The van der Waals surface area contributed by atoms with Crippen LogP contribution in [0.2, 0.25) is 0 Å². The first-order chi connectivity index (χ1) is 14.9. The molecule has 1 N–H and O–H groups in total. The summed E-state index contributed by atoms with van der Waals surface area (Å²) in [4.78, 5) is 23.8. The number of nitrogens with one attached hydrogen (secondary N) is 1. The molecule has 6 nitrogen and oxygen atoms in total. The first kappa shape index (κ1) is 21.4. The summed E-state index contributed by atoms with van der Waals surface area (Å²) in [6, 6.07) is 0. The van der Waals surface area contributed by atoms with Gasteiger partial charge in [-0.2, -0.15) is 0 Å². The van der Waals surface area contributed by atoms with Gasteiger partial charge in [0.15, 0.2) is 12.0 Å². The SMILES string of the molecule is CO/N=C1\CC2C3CC(F)C(=O)C3(C)CCC2C2(C)CC/C(=N\OC3CCNC3)CC12. The minimum absolute atomic E-state index is 0.0764. The second kappa shape index (κ2) is 7.82. The molecule has 8 atom stereocenters. The quantitative estimate of drug-likeness (QED) is 0.686. The Balaban J connectivity index is 1.41. The van der Waals surface area contributed by atoms with E-state index < -0.39 is 11.6 Å². The largest absolute Gasteiger partial charge is 0.399 e. The minimum atomic E-state index is -1.30. The predicted octanol–water partition coefficient (Wildman–Crippen LogP) is 3.89. The van der Waals surface area contributed by atoms with Crippen molar-refractivity contribution in [2.75, 3.05) is 20.2 Å². The second-order valence-electron chi connectivity index (χ2n) is 11.0. The number of Topliss-reactive ketones (excluding diaryl/α,β-unsaturated/α-hetero) is 1. The van der Waals surface area contributed by atoms with Crippen molar-refractivity contribution < 1.29 is 18.9 Å². The lowest BCUT2D eigenvalue weighted by Gasteiger charge is -2.59. The molecule has 172 valence electrons.